The van der Waals surface area contributed by atoms with Crippen molar-refractivity contribution in [3.05, 3.63) is 26.8 Å². The number of methoxy groups -OCH3 is 1. The van der Waals surface area contributed by atoms with Crippen molar-refractivity contribution in [2.24, 2.45) is 0 Å². The standard InChI is InChI=1S/C10H8ClNO6/c1-5(14)18-8-3-7(11)6(4-13)9(12(15)16)10(8)17-2/h3-4H,1-2H3. The molecule has 1 aromatic carbocycles. The number of nitro benzene ring substituents is 1. The minimum atomic E-state index is -0.832. The molecule has 0 bridgehead atoms. The number of hydrogen-bond acceptors (Lipinski definition) is 6. The highest BCUT2D eigenvalue weighted by atomic mass is 35.5. The number of carbonyl (C=O) groups is 2. The second-order valence-corrected chi connectivity index (χ2v) is 3.53. The van der Waals surface area contributed by atoms with E-state index in [1.807, 2.05) is 0 Å². The van der Waals surface area contributed by atoms with Crippen LogP contribution in [0.3, 0.4) is 0 Å². The summed E-state index contributed by atoms with van der Waals surface area (Å²) in [6.45, 7) is 1.12. The first kappa shape index (κ1) is 13.9. The number of esters is 1. The zero-order valence-electron chi connectivity index (χ0n) is 9.43. The predicted molar refractivity (Wildman–Crippen MR) is 61.4 cm³/mol. The van der Waals surface area contributed by atoms with Crippen LogP contribution in [-0.2, 0) is 4.79 Å². The molecular weight excluding hydrogens is 266 g/mol. The lowest BCUT2D eigenvalue weighted by Crippen LogP contribution is -2.06. The SMILES string of the molecule is COc1c(OC(C)=O)cc(Cl)c(C=O)c1[N+](=O)[O-]. The number of aldehydes is 1. The van der Waals surface area contributed by atoms with Gasteiger partial charge in [-0.15, -0.1) is 0 Å². The fourth-order valence-electron chi connectivity index (χ4n) is 1.33. The van der Waals surface area contributed by atoms with E-state index < -0.39 is 16.6 Å². The van der Waals surface area contributed by atoms with Gasteiger partial charge >= 0.3 is 11.7 Å². The fraction of sp³-hybridized carbons (Fsp3) is 0.200. The maximum atomic E-state index is 10.9. The fourth-order valence-corrected chi connectivity index (χ4v) is 1.56. The number of rotatable bonds is 4. The monoisotopic (exact) mass is 273 g/mol. The lowest BCUT2D eigenvalue weighted by molar-refractivity contribution is -0.386. The average Bonchev–Trinajstić information content (AvgIpc) is 2.27. The number of nitro groups is 1. The van der Waals surface area contributed by atoms with E-state index in [-0.39, 0.29) is 28.4 Å². The second-order valence-electron chi connectivity index (χ2n) is 3.12. The Kier molecular flexibility index (Phi) is 4.22. The largest absolute Gasteiger partial charge is 0.488 e. The molecule has 0 aliphatic carbocycles. The van der Waals surface area contributed by atoms with Gasteiger partial charge in [0.05, 0.1) is 17.1 Å². The van der Waals surface area contributed by atoms with E-state index in [0.717, 1.165) is 20.1 Å². The molecule has 18 heavy (non-hydrogen) atoms. The van der Waals surface area contributed by atoms with Gasteiger partial charge in [-0.3, -0.25) is 19.7 Å². The van der Waals surface area contributed by atoms with Gasteiger partial charge in [0.15, 0.2) is 12.0 Å². The van der Waals surface area contributed by atoms with Crippen molar-refractivity contribution < 1.29 is 24.0 Å². The number of ether oxygens (including phenoxy) is 2. The van der Waals surface area contributed by atoms with Gasteiger partial charge in [-0.2, -0.15) is 0 Å². The summed E-state index contributed by atoms with van der Waals surface area (Å²) in [7, 11) is 1.15. The first-order valence-electron chi connectivity index (χ1n) is 4.60. The third-order valence-electron chi connectivity index (χ3n) is 1.97. The third kappa shape index (κ3) is 2.57. The Labute approximate surface area is 106 Å². The number of hydrogen-bond donors (Lipinski definition) is 0. The third-order valence-corrected chi connectivity index (χ3v) is 2.28. The Bertz CT molecular complexity index is 528. The van der Waals surface area contributed by atoms with Crippen molar-refractivity contribution in [3.63, 3.8) is 0 Å². The Hall–Kier alpha value is -2.15. The van der Waals surface area contributed by atoms with Gasteiger partial charge in [-0.1, -0.05) is 11.6 Å². The van der Waals surface area contributed by atoms with Gasteiger partial charge in [0.1, 0.15) is 5.56 Å². The molecule has 0 aliphatic heterocycles. The average molecular weight is 274 g/mol. The molecule has 8 heteroatoms. The molecule has 0 aromatic heterocycles. The molecule has 0 saturated carbocycles. The zero-order valence-corrected chi connectivity index (χ0v) is 10.2. The summed E-state index contributed by atoms with van der Waals surface area (Å²) < 4.78 is 9.54. The van der Waals surface area contributed by atoms with E-state index in [2.05, 4.69) is 0 Å². The molecule has 0 spiro atoms. The lowest BCUT2D eigenvalue weighted by Gasteiger charge is -2.10. The van der Waals surface area contributed by atoms with Crippen LogP contribution in [0, 0.1) is 10.1 Å². The quantitative estimate of drug-likeness (QED) is 0.274. The van der Waals surface area contributed by atoms with E-state index in [9.17, 15) is 19.7 Å². The van der Waals surface area contributed by atoms with E-state index in [1.54, 1.807) is 0 Å². The molecule has 7 nitrogen and oxygen atoms in total. The van der Waals surface area contributed by atoms with Crippen molar-refractivity contribution >= 4 is 29.5 Å². The lowest BCUT2D eigenvalue weighted by atomic mass is 10.1. The molecule has 0 atom stereocenters. The van der Waals surface area contributed by atoms with E-state index in [4.69, 9.17) is 21.1 Å². The minimum absolute atomic E-state index is 0.200. The maximum absolute atomic E-state index is 10.9. The Morgan fingerprint density at radius 3 is 2.56 bits per heavy atom. The highest BCUT2D eigenvalue weighted by Crippen LogP contribution is 2.42. The van der Waals surface area contributed by atoms with Crippen molar-refractivity contribution in [3.8, 4) is 11.5 Å². The van der Waals surface area contributed by atoms with Crippen molar-refractivity contribution in [1.29, 1.82) is 0 Å². The van der Waals surface area contributed by atoms with E-state index in [1.165, 1.54) is 0 Å². The van der Waals surface area contributed by atoms with Crippen LogP contribution in [0.4, 0.5) is 5.69 Å². The summed E-state index contributed by atoms with van der Waals surface area (Å²) in [5.74, 6) is -1.24. The summed E-state index contributed by atoms with van der Waals surface area (Å²) in [5, 5.41) is 10.7. The molecule has 0 heterocycles. The highest BCUT2D eigenvalue weighted by molar-refractivity contribution is 6.33. The molecule has 96 valence electrons. The predicted octanol–water partition coefficient (Wildman–Crippen LogP) is 1.99. The number of benzene rings is 1. The van der Waals surface area contributed by atoms with Gasteiger partial charge in [-0.05, 0) is 0 Å². The second kappa shape index (κ2) is 5.46. The summed E-state index contributed by atoms with van der Waals surface area (Å²) in [5.41, 5.74) is -0.981. The van der Waals surface area contributed by atoms with Crippen molar-refractivity contribution in [2.75, 3.05) is 7.11 Å². The first-order chi connectivity index (χ1) is 8.42. The molecular formula is C10H8ClNO6. The molecule has 0 amide bonds. The normalized spacial score (nSPS) is 9.72. The van der Waals surface area contributed by atoms with Gasteiger partial charge in [0.2, 0.25) is 5.75 Å². The van der Waals surface area contributed by atoms with Gasteiger partial charge in [0, 0.05) is 13.0 Å². The molecule has 1 rings (SSSR count). The Balaban J connectivity index is 3.61. The van der Waals surface area contributed by atoms with Crippen molar-refractivity contribution in [2.45, 2.75) is 6.92 Å². The van der Waals surface area contributed by atoms with Crippen molar-refractivity contribution in [1.82, 2.24) is 0 Å². The van der Waals surface area contributed by atoms with Crippen LogP contribution in [0.15, 0.2) is 6.07 Å². The van der Waals surface area contributed by atoms with Crippen LogP contribution in [0.5, 0.6) is 11.5 Å². The number of carbonyl (C=O) groups excluding carboxylic acids is 2. The smallest absolute Gasteiger partial charge is 0.326 e. The summed E-state index contributed by atoms with van der Waals surface area (Å²) >= 11 is 5.71. The Morgan fingerprint density at radius 1 is 1.56 bits per heavy atom. The summed E-state index contributed by atoms with van der Waals surface area (Å²) in [6.07, 6.45) is 0.237. The zero-order chi connectivity index (χ0) is 13.9. The first-order valence-corrected chi connectivity index (χ1v) is 4.98. The molecule has 0 aliphatic rings. The van der Waals surface area contributed by atoms with E-state index >= 15 is 0 Å². The van der Waals surface area contributed by atoms with Crippen LogP contribution in [0.2, 0.25) is 5.02 Å². The van der Waals surface area contributed by atoms with Crippen LogP contribution >= 0.6 is 11.6 Å². The summed E-state index contributed by atoms with van der Waals surface area (Å²) in [4.78, 5) is 31.8. The molecule has 1 aromatic rings. The molecule has 0 saturated heterocycles. The molecule has 0 radical (unpaired) electrons. The van der Waals surface area contributed by atoms with Crippen LogP contribution in [0.1, 0.15) is 17.3 Å². The maximum Gasteiger partial charge on any atom is 0.326 e. The van der Waals surface area contributed by atoms with Gasteiger partial charge in [0.25, 0.3) is 0 Å². The highest BCUT2D eigenvalue weighted by Gasteiger charge is 2.28. The molecule has 0 fully saturated rings. The summed E-state index contributed by atoms with van der Waals surface area (Å²) in [6, 6.07) is 1.11. The topological polar surface area (TPSA) is 95.7 Å². The molecule has 0 N–H and O–H groups in total. The Morgan fingerprint density at radius 2 is 2.17 bits per heavy atom. The van der Waals surface area contributed by atoms with E-state index in [0.29, 0.717) is 0 Å². The molecule has 0 unspecified atom stereocenters. The van der Waals surface area contributed by atoms with Gasteiger partial charge in [-0.25, -0.2) is 0 Å². The minimum Gasteiger partial charge on any atom is -0.488 e. The van der Waals surface area contributed by atoms with Crippen LogP contribution in [0.25, 0.3) is 0 Å². The van der Waals surface area contributed by atoms with Gasteiger partial charge < -0.3 is 9.47 Å². The number of halogens is 1. The van der Waals surface area contributed by atoms with Crippen LogP contribution in [-0.4, -0.2) is 24.3 Å². The van der Waals surface area contributed by atoms with Crippen LogP contribution < -0.4 is 9.47 Å². The number of nitrogens with zero attached hydrogens (tertiary/aromatic N) is 1.